The third-order valence-corrected chi connectivity index (χ3v) is 5.77. The number of ether oxygens (including phenoxy) is 1. The van der Waals surface area contributed by atoms with E-state index in [9.17, 15) is 14.4 Å². The normalized spacial score (nSPS) is 11.9. The molecule has 156 valence electrons. The molecule has 1 amide bonds. The van der Waals surface area contributed by atoms with Crippen LogP contribution in [0.4, 0.5) is 5.69 Å². The molecule has 1 unspecified atom stereocenters. The minimum Gasteiger partial charge on any atom is -0.462 e. The van der Waals surface area contributed by atoms with E-state index in [2.05, 4.69) is 29.1 Å². The molecule has 9 heteroatoms. The maximum Gasteiger partial charge on any atom is 0.338 e. The number of benzene rings is 1. The lowest BCUT2D eigenvalue weighted by atomic mass is 10.2. The number of anilines is 1. The Balaban J connectivity index is 1.98. The maximum atomic E-state index is 12.5. The second-order valence-electron chi connectivity index (χ2n) is 6.45. The molecular formula is C20H25N3O4S2. The molecule has 0 aliphatic carbocycles. The van der Waals surface area contributed by atoms with Gasteiger partial charge >= 0.3 is 5.97 Å². The van der Waals surface area contributed by atoms with Crippen molar-refractivity contribution >= 4 is 41.1 Å². The van der Waals surface area contributed by atoms with Crippen molar-refractivity contribution in [3.8, 4) is 0 Å². The summed E-state index contributed by atoms with van der Waals surface area (Å²) in [4.78, 5) is 43.1. The predicted molar refractivity (Wildman–Crippen MR) is 118 cm³/mol. The molecule has 2 N–H and O–H groups in total. The molecule has 1 heterocycles. The average Bonchev–Trinajstić information content (AvgIpc) is 2.66. The first-order valence-electron chi connectivity index (χ1n) is 9.25. The van der Waals surface area contributed by atoms with Gasteiger partial charge in [-0.05, 0) is 43.4 Å². The van der Waals surface area contributed by atoms with Crippen LogP contribution in [0.2, 0.25) is 0 Å². The van der Waals surface area contributed by atoms with E-state index in [0.717, 1.165) is 0 Å². The number of hydrogen-bond donors (Lipinski definition) is 2. The van der Waals surface area contributed by atoms with Crippen LogP contribution in [0, 0.1) is 0 Å². The number of aromatic nitrogens is 2. The van der Waals surface area contributed by atoms with Crippen molar-refractivity contribution in [1.82, 2.24) is 9.97 Å². The molecule has 0 aliphatic rings. The highest BCUT2D eigenvalue weighted by atomic mass is 32.2. The van der Waals surface area contributed by atoms with Crippen molar-refractivity contribution in [2.75, 3.05) is 11.9 Å². The van der Waals surface area contributed by atoms with E-state index in [1.807, 2.05) is 0 Å². The summed E-state index contributed by atoms with van der Waals surface area (Å²) in [6.45, 7) is 7.95. The number of rotatable bonds is 9. The molecule has 7 nitrogen and oxygen atoms in total. The second-order valence-corrected chi connectivity index (χ2v) is 9.34. The van der Waals surface area contributed by atoms with Crippen molar-refractivity contribution < 1.29 is 14.3 Å². The molecule has 0 radical (unpaired) electrons. The number of esters is 1. The number of hydrogen-bond acceptors (Lipinski definition) is 7. The smallest absolute Gasteiger partial charge is 0.338 e. The van der Waals surface area contributed by atoms with Gasteiger partial charge in [0.2, 0.25) is 5.91 Å². The zero-order valence-corrected chi connectivity index (χ0v) is 18.5. The van der Waals surface area contributed by atoms with E-state index in [-0.39, 0.29) is 11.5 Å². The number of carbonyl (C=O) groups is 2. The summed E-state index contributed by atoms with van der Waals surface area (Å²) >= 11 is 2.88. The summed E-state index contributed by atoms with van der Waals surface area (Å²) in [6, 6.07) is 7.97. The average molecular weight is 436 g/mol. The Morgan fingerprint density at radius 1 is 1.21 bits per heavy atom. The van der Waals surface area contributed by atoms with Crippen LogP contribution in [0.25, 0.3) is 0 Å². The fourth-order valence-corrected chi connectivity index (χ4v) is 3.72. The molecule has 0 spiro atoms. The fourth-order valence-electron chi connectivity index (χ4n) is 2.23. The van der Waals surface area contributed by atoms with Gasteiger partial charge in [0.15, 0.2) is 5.16 Å². The van der Waals surface area contributed by atoms with Crippen molar-refractivity contribution in [3.63, 3.8) is 0 Å². The first-order chi connectivity index (χ1) is 13.8. The Hall–Kier alpha value is -2.26. The van der Waals surface area contributed by atoms with Gasteiger partial charge in [-0.15, -0.1) is 0 Å². The van der Waals surface area contributed by atoms with Crippen molar-refractivity contribution in [2.24, 2.45) is 0 Å². The minimum absolute atomic E-state index is 0.232. The Labute approximate surface area is 178 Å². The van der Waals surface area contributed by atoms with Crippen molar-refractivity contribution in [3.05, 3.63) is 51.9 Å². The maximum absolute atomic E-state index is 12.5. The number of H-pyrrole nitrogens is 1. The van der Waals surface area contributed by atoms with Crippen LogP contribution >= 0.6 is 23.5 Å². The SMILES string of the molecule is CCOC(=O)c1ccc(NC(=O)C(C)Sc2nc(CSC(C)C)cc(=O)[nH]2)cc1. The van der Waals surface area contributed by atoms with E-state index in [0.29, 0.717) is 39.7 Å². The molecule has 0 saturated carbocycles. The van der Waals surface area contributed by atoms with Crippen LogP contribution < -0.4 is 10.9 Å². The van der Waals surface area contributed by atoms with Gasteiger partial charge in [0.05, 0.1) is 23.1 Å². The number of amides is 1. The Bertz CT molecular complexity index is 897. The van der Waals surface area contributed by atoms with Gasteiger partial charge in [0.1, 0.15) is 0 Å². The summed E-state index contributed by atoms with van der Waals surface area (Å²) < 4.78 is 4.94. The molecule has 1 aromatic carbocycles. The largest absolute Gasteiger partial charge is 0.462 e. The minimum atomic E-state index is -0.476. The fraction of sp³-hybridized carbons (Fsp3) is 0.400. The lowest BCUT2D eigenvalue weighted by molar-refractivity contribution is -0.115. The standard InChI is InChI=1S/C20H25N3O4S2/c1-5-27-19(26)14-6-8-15(9-7-14)21-18(25)13(4)29-20-22-16(10-17(24)23-20)11-28-12(2)3/h6-10,12-13H,5,11H2,1-4H3,(H,21,25)(H,22,23,24). The molecule has 2 aromatic rings. The van der Waals surface area contributed by atoms with E-state index in [1.165, 1.54) is 17.8 Å². The summed E-state index contributed by atoms with van der Waals surface area (Å²) in [5.41, 5.74) is 1.45. The van der Waals surface area contributed by atoms with Gasteiger partial charge in [-0.3, -0.25) is 9.59 Å². The van der Waals surface area contributed by atoms with Gasteiger partial charge in [-0.2, -0.15) is 11.8 Å². The summed E-state index contributed by atoms with van der Waals surface area (Å²) in [5, 5.41) is 3.17. The Kier molecular flexibility index (Phi) is 8.78. The summed E-state index contributed by atoms with van der Waals surface area (Å²) in [7, 11) is 0. The van der Waals surface area contributed by atoms with E-state index >= 15 is 0 Å². The quantitative estimate of drug-likeness (QED) is 0.352. The molecule has 0 aliphatic heterocycles. The molecule has 29 heavy (non-hydrogen) atoms. The molecule has 1 atom stereocenters. The lowest BCUT2D eigenvalue weighted by Gasteiger charge is -2.12. The summed E-state index contributed by atoms with van der Waals surface area (Å²) in [6.07, 6.45) is 0. The predicted octanol–water partition coefficient (Wildman–Crippen LogP) is 3.71. The van der Waals surface area contributed by atoms with E-state index < -0.39 is 11.2 Å². The Morgan fingerprint density at radius 3 is 2.52 bits per heavy atom. The molecule has 1 aromatic heterocycles. The first kappa shape index (κ1) is 23.0. The van der Waals surface area contributed by atoms with Crippen LogP contribution in [-0.2, 0) is 15.3 Å². The van der Waals surface area contributed by atoms with Gasteiger partial charge in [-0.1, -0.05) is 25.6 Å². The zero-order chi connectivity index (χ0) is 21.4. The van der Waals surface area contributed by atoms with Crippen molar-refractivity contribution in [2.45, 2.75) is 49.1 Å². The number of thioether (sulfide) groups is 2. The topological polar surface area (TPSA) is 101 Å². The van der Waals surface area contributed by atoms with Crippen LogP contribution in [-0.4, -0.2) is 39.0 Å². The molecular weight excluding hydrogens is 410 g/mol. The van der Waals surface area contributed by atoms with Crippen LogP contribution in [0.1, 0.15) is 43.7 Å². The van der Waals surface area contributed by atoms with Gasteiger partial charge in [0.25, 0.3) is 5.56 Å². The lowest BCUT2D eigenvalue weighted by Crippen LogP contribution is -2.23. The second kappa shape index (κ2) is 11.1. The third kappa shape index (κ3) is 7.58. The van der Waals surface area contributed by atoms with Gasteiger partial charge in [-0.25, -0.2) is 9.78 Å². The van der Waals surface area contributed by atoms with E-state index in [1.54, 1.807) is 49.9 Å². The molecule has 0 bridgehead atoms. The van der Waals surface area contributed by atoms with Gasteiger partial charge < -0.3 is 15.0 Å². The van der Waals surface area contributed by atoms with E-state index in [4.69, 9.17) is 4.74 Å². The highest BCUT2D eigenvalue weighted by Gasteiger charge is 2.17. The number of nitrogens with one attached hydrogen (secondary N) is 2. The highest BCUT2D eigenvalue weighted by Crippen LogP contribution is 2.22. The highest BCUT2D eigenvalue weighted by molar-refractivity contribution is 8.00. The van der Waals surface area contributed by atoms with Crippen molar-refractivity contribution in [1.29, 1.82) is 0 Å². The monoisotopic (exact) mass is 435 g/mol. The van der Waals surface area contributed by atoms with Crippen LogP contribution in [0.3, 0.4) is 0 Å². The van der Waals surface area contributed by atoms with Gasteiger partial charge in [0, 0.05) is 17.5 Å². The summed E-state index contributed by atoms with van der Waals surface area (Å²) in [5.74, 6) is 0.00560. The first-order valence-corrected chi connectivity index (χ1v) is 11.2. The number of nitrogens with zero attached hydrogens (tertiary/aromatic N) is 1. The molecule has 2 rings (SSSR count). The Morgan fingerprint density at radius 2 is 1.90 bits per heavy atom. The molecule has 0 fully saturated rings. The molecule has 0 saturated heterocycles. The number of aromatic amines is 1. The third-order valence-electron chi connectivity index (χ3n) is 3.66. The van der Waals surface area contributed by atoms with Crippen LogP contribution in [0.15, 0.2) is 40.3 Å². The van der Waals surface area contributed by atoms with Crippen LogP contribution in [0.5, 0.6) is 0 Å². The number of carbonyl (C=O) groups excluding carboxylic acids is 2. The zero-order valence-electron chi connectivity index (χ0n) is 16.9.